The highest BCUT2D eigenvalue weighted by atomic mass is 31.2. The van der Waals surface area contributed by atoms with Crippen molar-refractivity contribution in [2.75, 3.05) is 40.9 Å². The van der Waals surface area contributed by atoms with Crippen molar-refractivity contribution in [1.82, 2.24) is 5.32 Å². The van der Waals surface area contributed by atoms with Crippen molar-refractivity contribution < 1.29 is 37.3 Å². The quantitative estimate of drug-likeness (QED) is 0.0205. The standard InChI is InChI=1S/C70H121N2O7P/c1-7-10-13-16-19-22-25-28-30-32-33-34-35-36-37-38-39-41-42-44-47-50-53-56-59-62-69(73)71-67(66-78-80(75,76)77-65-64-72(4,5)6)68(61-58-55-52-49-46-27-24-21-18-15-12-9-3)79-70(74)63-60-57-54-51-48-45-43-40-31-29-26-23-20-17-14-11-8-2/h10,13,19-20,22-23,28-31,33-34,36-37,43,45,51,54,58,61,67-68H,7-9,11-12,14-18,21,24-27,32,35,38-42,44,46-50,52-53,55-57,59-60,62-66H2,1-6H3,(H-,71,73,75,76)/p+1/b13-10-,22-19-,23-20-,30-28-,31-29-,34-33-,37-36-,45-43-,54-51-,61-58-. The first-order valence-electron chi connectivity index (χ1n) is 32.4. The molecule has 80 heavy (non-hydrogen) atoms. The number of esters is 1. The monoisotopic (exact) mass is 1130 g/mol. The number of quaternary nitrogens is 1. The van der Waals surface area contributed by atoms with Crippen LogP contribution in [0.2, 0.25) is 0 Å². The summed E-state index contributed by atoms with van der Waals surface area (Å²) >= 11 is 0. The molecule has 9 nitrogen and oxygen atoms in total. The Balaban J connectivity index is 5.25. The number of hydrogen-bond donors (Lipinski definition) is 2. The number of allylic oxidation sites excluding steroid dienone is 19. The van der Waals surface area contributed by atoms with Gasteiger partial charge in [-0.05, 0) is 115 Å². The van der Waals surface area contributed by atoms with Gasteiger partial charge in [-0.3, -0.25) is 18.6 Å². The van der Waals surface area contributed by atoms with E-state index in [1.165, 1.54) is 109 Å². The third kappa shape index (κ3) is 59.0. The van der Waals surface area contributed by atoms with Crippen molar-refractivity contribution >= 4 is 19.7 Å². The van der Waals surface area contributed by atoms with Gasteiger partial charge in [0.05, 0.1) is 33.8 Å². The summed E-state index contributed by atoms with van der Waals surface area (Å²) in [6, 6.07) is -0.882. The van der Waals surface area contributed by atoms with Gasteiger partial charge in [0.25, 0.3) is 0 Å². The molecule has 2 N–H and O–H groups in total. The second kappa shape index (κ2) is 58.6. The van der Waals surface area contributed by atoms with Gasteiger partial charge in [-0.2, -0.15) is 0 Å². The molecular formula is C70H122N2O7P+. The van der Waals surface area contributed by atoms with Crippen LogP contribution in [0.3, 0.4) is 0 Å². The topological polar surface area (TPSA) is 111 Å². The maximum Gasteiger partial charge on any atom is 0.472 e. The molecule has 0 radical (unpaired) electrons. The molecule has 0 aliphatic heterocycles. The van der Waals surface area contributed by atoms with Crippen LogP contribution < -0.4 is 5.32 Å². The lowest BCUT2D eigenvalue weighted by molar-refractivity contribution is -0.870. The first-order valence-corrected chi connectivity index (χ1v) is 33.9. The summed E-state index contributed by atoms with van der Waals surface area (Å²) in [5, 5.41) is 3.04. The van der Waals surface area contributed by atoms with E-state index in [1.54, 1.807) is 0 Å². The number of carbonyl (C=O) groups excluding carboxylic acids is 2. The third-order valence-corrected chi connectivity index (χ3v) is 14.6. The normalized spacial score (nSPS) is 14.4. The Hall–Kier alpha value is -3.59. The van der Waals surface area contributed by atoms with Crippen LogP contribution in [0, 0.1) is 0 Å². The van der Waals surface area contributed by atoms with Crippen LogP contribution in [0.25, 0.3) is 0 Å². The smallest absolute Gasteiger partial charge is 0.456 e. The van der Waals surface area contributed by atoms with Gasteiger partial charge in [0.1, 0.15) is 19.3 Å². The number of hydrogen-bond acceptors (Lipinski definition) is 6. The minimum Gasteiger partial charge on any atom is -0.456 e. The Bertz CT molecular complexity index is 1780. The van der Waals surface area contributed by atoms with E-state index < -0.39 is 20.0 Å². The van der Waals surface area contributed by atoms with Gasteiger partial charge in [0, 0.05) is 12.8 Å². The molecule has 0 aliphatic carbocycles. The van der Waals surface area contributed by atoms with Crippen LogP contribution in [-0.2, 0) is 27.9 Å². The molecule has 3 atom stereocenters. The van der Waals surface area contributed by atoms with E-state index in [0.29, 0.717) is 23.9 Å². The van der Waals surface area contributed by atoms with Gasteiger partial charge < -0.3 is 19.4 Å². The van der Waals surface area contributed by atoms with E-state index in [2.05, 4.69) is 135 Å². The summed E-state index contributed by atoms with van der Waals surface area (Å²) in [6.45, 7) is 6.82. The number of rotatable bonds is 57. The lowest BCUT2D eigenvalue weighted by atomic mass is 10.0. The number of phosphoric acid groups is 1. The highest BCUT2D eigenvalue weighted by Gasteiger charge is 2.30. The van der Waals surface area contributed by atoms with Gasteiger partial charge in [-0.1, -0.05) is 252 Å². The second-order valence-corrected chi connectivity index (χ2v) is 24.0. The Morgan fingerprint density at radius 1 is 0.450 bits per heavy atom. The zero-order valence-electron chi connectivity index (χ0n) is 52.3. The number of nitrogens with one attached hydrogen (secondary N) is 1. The van der Waals surface area contributed by atoms with Crippen LogP contribution in [0.5, 0.6) is 0 Å². The van der Waals surface area contributed by atoms with Gasteiger partial charge in [-0.25, -0.2) is 4.57 Å². The summed E-state index contributed by atoms with van der Waals surface area (Å²) in [5.41, 5.74) is 0. The van der Waals surface area contributed by atoms with E-state index in [9.17, 15) is 19.0 Å². The number of unbranched alkanes of at least 4 members (excludes halogenated alkanes) is 23. The predicted molar refractivity (Wildman–Crippen MR) is 346 cm³/mol. The molecule has 0 aromatic carbocycles. The molecular weight excluding hydrogens is 1010 g/mol. The number of nitrogens with zero attached hydrogens (tertiary/aromatic N) is 1. The first-order chi connectivity index (χ1) is 38.9. The average Bonchev–Trinajstić information content (AvgIpc) is 3.42. The summed E-state index contributed by atoms with van der Waals surface area (Å²) in [5.74, 6) is -0.583. The number of likely N-dealkylation sites (N-methyl/N-ethyl adjacent to an activating group) is 1. The highest BCUT2D eigenvalue weighted by Crippen LogP contribution is 2.43. The Labute approximate surface area is 493 Å². The van der Waals surface area contributed by atoms with E-state index in [0.717, 1.165) is 109 Å². The Morgan fingerprint density at radius 3 is 1.25 bits per heavy atom. The lowest BCUT2D eigenvalue weighted by Crippen LogP contribution is -2.47. The van der Waals surface area contributed by atoms with Crippen LogP contribution in [0.4, 0.5) is 0 Å². The van der Waals surface area contributed by atoms with Crippen molar-refractivity contribution in [1.29, 1.82) is 0 Å². The van der Waals surface area contributed by atoms with Crippen molar-refractivity contribution in [2.45, 2.75) is 270 Å². The summed E-state index contributed by atoms with van der Waals surface area (Å²) in [7, 11) is 1.45. The maximum atomic E-state index is 13.6. The van der Waals surface area contributed by atoms with Gasteiger partial charge in [0.15, 0.2) is 0 Å². The van der Waals surface area contributed by atoms with E-state index in [4.69, 9.17) is 13.8 Å². The molecule has 1 amide bonds. The van der Waals surface area contributed by atoms with E-state index in [1.807, 2.05) is 33.3 Å². The molecule has 10 heteroatoms. The van der Waals surface area contributed by atoms with Gasteiger partial charge in [-0.15, -0.1) is 0 Å². The molecule has 0 saturated heterocycles. The molecule has 3 unspecified atom stereocenters. The molecule has 0 spiro atoms. The molecule has 0 bridgehead atoms. The molecule has 0 aromatic heterocycles. The van der Waals surface area contributed by atoms with Crippen molar-refractivity contribution in [3.8, 4) is 0 Å². The first kappa shape index (κ1) is 76.4. The molecule has 0 aromatic rings. The van der Waals surface area contributed by atoms with Crippen LogP contribution >= 0.6 is 7.82 Å². The van der Waals surface area contributed by atoms with Crippen molar-refractivity contribution in [3.63, 3.8) is 0 Å². The second-order valence-electron chi connectivity index (χ2n) is 22.5. The van der Waals surface area contributed by atoms with Crippen LogP contribution in [-0.4, -0.2) is 74.3 Å². The molecule has 0 heterocycles. The number of ether oxygens (including phenoxy) is 1. The summed E-state index contributed by atoms with van der Waals surface area (Å²) in [4.78, 5) is 37.7. The lowest BCUT2D eigenvalue weighted by Gasteiger charge is -2.27. The molecule has 0 rings (SSSR count). The van der Waals surface area contributed by atoms with E-state index in [-0.39, 0.29) is 31.5 Å². The number of carbonyl (C=O) groups is 2. The Kier molecular flexibility index (Phi) is 56.0. The minimum atomic E-state index is -4.47. The van der Waals surface area contributed by atoms with E-state index >= 15 is 0 Å². The zero-order chi connectivity index (χ0) is 58.6. The minimum absolute atomic E-state index is 0.0245. The number of amides is 1. The van der Waals surface area contributed by atoms with Gasteiger partial charge >= 0.3 is 13.8 Å². The highest BCUT2D eigenvalue weighted by molar-refractivity contribution is 7.47. The van der Waals surface area contributed by atoms with Crippen molar-refractivity contribution in [2.24, 2.45) is 0 Å². The largest absolute Gasteiger partial charge is 0.472 e. The van der Waals surface area contributed by atoms with Crippen molar-refractivity contribution in [3.05, 3.63) is 122 Å². The fourth-order valence-corrected chi connectivity index (χ4v) is 9.40. The average molecular weight is 1130 g/mol. The predicted octanol–water partition coefficient (Wildman–Crippen LogP) is 20.3. The summed E-state index contributed by atoms with van der Waals surface area (Å²) < 4.78 is 30.7. The maximum absolute atomic E-state index is 13.6. The molecule has 0 saturated carbocycles. The van der Waals surface area contributed by atoms with Gasteiger partial charge in [0.2, 0.25) is 5.91 Å². The zero-order valence-corrected chi connectivity index (χ0v) is 53.2. The number of phosphoric ester groups is 1. The van der Waals surface area contributed by atoms with Crippen LogP contribution in [0.1, 0.15) is 258 Å². The molecule has 0 fully saturated rings. The SMILES string of the molecule is CC/C=C\C/C=C\C/C=C\C/C=C\C/C=C\CCCCCCCCCCCC(=O)NC(COP(=O)(O)OCC[N+](C)(C)C)C(/C=C\CCCCCCCCCCCC)OC(=O)CCC/C=C\C/C=C\C/C=C\C/C=C\CCCCC. The molecule has 458 valence electrons. The fourth-order valence-electron chi connectivity index (χ4n) is 8.66. The summed E-state index contributed by atoms with van der Waals surface area (Å²) in [6.07, 6.45) is 82.1. The third-order valence-electron chi connectivity index (χ3n) is 13.6. The molecule has 0 aliphatic rings. The Morgan fingerprint density at radius 2 is 0.812 bits per heavy atom. The fraction of sp³-hybridized carbons (Fsp3) is 0.686. The van der Waals surface area contributed by atoms with Crippen LogP contribution in [0.15, 0.2) is 122 Å².